The van der Waals surface area contributed by atoms with E-state index in [2.05, 4.69) is 17.2 Å². The lowest BCUT2D eigenvalue weighted by atomic mass is 10.1. The molecule has 0 aromatic carbocycles. The molecule has 19 heavy (non-hydrogen) atoms. The third-order valence-electron chi connectivity index (χ3n) is 2.85. The summed E-state index contributed by atoms with van der Waals surface area (Å²) in [6.45, 7) is 4.65. The van der Waals surface area contributed by atoms with Crippen LogP contribution in [0.4, 0.5) is 0 Å². The fraction of sp³-hybridized carbons (Fsp3) is 0.692. The van der Waals surface area contributed by atoms with E-state index in [1.165, 1.54) is 4.88 Å². The molecule has 2 atom stereocenters. The van der Waals surface area contributed by atoms with Crippen LogP contribution < -0.4 is 11.1 Å². The van der Waals surface area contributed by atoms with Crippen LogP contribution in [-0.2, 0) is 16.0 Å². The molecule has 0 saturated heterocycles. The smallest absolute Gasteiger partial charge is 0.237 e. The van der Waals surface area contributed by atoms with Gasteiger partial charge in [-0.1, -0.05) is 6.92 Å². The summed E-state index contributed by atoms with van der Waals surface area (Å²) in [4.78, 5) is 17.4. The Morgan fingerprint density at radius 2 is 2.37 bits per heavy atom. The van der Waals surface area contributed by atoms with Crippen molar-refractivity contribution in [2.45, 2.75) is 45.2 Å². The molecule has 1 aromatic heterocycles. The maximum Gasteiger partial charge on any atom is 0.237 e. The van der Waals surface area contributed by atoms with Gasteiger partial charge in [-0.3, -0.25) is 4.79 Å². The Morgan fingerprint density at radius 3 is 2.95 bits per heavy atom. The van der Waals surface area contributed by atoms with Gasteiger partial charge in [-0.05, 0) is 26.2 Å². The van der Waals surface area contributed by atoms with E-state index in [0.29, 0.717) is 13.0 Å². The van der Waals surface area contributed by atoms with Gasteiger partial charge in [-0.15, -0.1) is 11.3 Å². The predicted molar refractivity (Wildman–Crippen MR) is 77.1 cm³/mol. The fourth-order valence-corrected chi connectivity index (χ4v) is 2.51. The van der Waals surface area contributed by atoms with Gasteiger partial charge in [0.2, 0.25) is 5.91 Å². The lowest BCUT2D eigenvalue weighted by molar-refractivity contribution is -0.123. The number of hydrogen-bond donors (Lipinski definition) is 2. The van der Waals surface area contributed by atoms with Gasteiger partial charge in [-0.2, -0.15) is 0 Å². The Labute approximate surface area is 118 Å². The van der Waals surface area contributed by atoms with Crippen molar-refractivity contribution in [2.75, 3.05) is 13.7 Å². The number of hydrogen-bond acceptors (Lipinski definition) is 5. The molecule has 1 aromatic rings. The SMILES string of the molecule is CCc1cnc(C(C)NC(=O)C(N)CCCOC)s1. The predicted octanol–water partition coefficient (Wildman–Crippen LogP) is 1.64. The highest BCUT2D eigenvalue weighted by molar-refractivity contribution is 7.11. The number of nitrogens with two attached hydrogens (primary N) is 1. The molecular formula is C13H23N3O2S. The average molecular weight is 285 g/mol. The van der Waals surface area contributed by atoms with Crippen LogP contribution in [-0.4, -0.2) is 30.6 Å². The Morgan fingerprint density at radius 1 is 1.63 bits per heavy atom. The molecule has 0 saturated carbocycles. The minimum absolute atomic E-state index is 0.0914. The maximum atomic E-state index is 11.9. The number of amides is 1. The van der Waals surface area contributed by atoms with Crippen LogP contribution in [0.2, 0.25) is 0 Å². The molecule has 0 spiro atoms. The largest absolute Gasteiger partial charge is 0.385 e. The Balaban J connectivity index is 2.42. The summed E-state index contributed by atoms with van der Waals surface area (Å²) in [6.07, 6.45) is 4.25. The Kier molecular flexibility index (Phi) is 6.97. The van der Waals surface area contributed by atoms with Crippen molar-refractivity contribution in [1.29, 1.82) is 0 Å². The van der Waals surface area contributed by atoms with E-state index < -0.39 is 6.04 Å². The normalized spacial score (nSPS) is 14.1. The van der Waals surface area contributed by atoms with Crippen LogP contribution >= 0.6 is 11.3 Å². The molecule has 0 fully saturated rings. The van der Waals surface area contributed by atoms with Crippen molar-refractivity contribution in [1.82, 2.24) is 10.3 Å². The first-order chi connectivity index (χ1) is 9.08. The fourth-order valence-electron chi connectivity index (χ4n) is 1.65. The molecule has 0 aliphatic rings. The van der Waals surface area contributed by atoms with E-state index in [1.807, 2.05) is 13.1 Å². The Bertz CT molecular complexity index is 395. The number of carbonyl (C=O) groups excluding carboxylic acids is 1. The van der Waals surface area contributed by atoms with Crippen molar-refractivity contribution in [3.05, 3.63) is 16.1 Å². The van der Waals surface area contributed by atoms with Crippen molar-refractivity contribution in [2.24, 2.45) is 5.73 Å². The molecule has 5 nitrogen and oxygen atoms in total. The van der Waals surface area contributed by atoms with Crippen LogP contribution in [0.1, 0.15) is 42.6 Å². The summed E-state index contributed by atoms with van der Waals surface area (Å²) in [5.74, 6) is -0.128. The van der Waals surface area contributed by atoms with Gasteiger partial charge in [-0.25, -0.2) is 4.98 Å². The first kappa shape index (κ1) is 16.1. The lowest BCUT2D eigenvalue weighted by Crippen LogP contribution is -2.41. The van der Waals surface area contributed by atoms with Crippen molar-refractivity contribution < 1.29 is 9.53 Å². The zero-order chi connectivity index (χ0) is 14.3. The van der Waals surface area contributed by atoms with E-state index in [0.717, 1.165) is 17.8 Å². The highest BCUT2D eigenvalue weighted by atomic mass is 32.1. The van der Waals surface area contributed by atoms with Gasteiger partial charge in [0.1, 0.15) is 5.01 Å². The van der Waals surface area contributed by atoms with Gasteiger partial charge in [0.25, 0.3) is 0 Å². The maximum absolute atomic E-state index is 11.9. The first-order valence-electron chi connectivity index (χ1n) is 6.58. The average Bonchev–Trinajstić information content (AvgIpc) is 2.87. The van der Waals surface area contributed by atoms with Crippen LogP contribution in [0.15, 0.2) is 6.20 Å². The Hall–Kier alpha value is -0.980. The number of nitrogens with zero attached hydrogens (tertiary/aromatic N) is 1. The molecule has 1 heterocycles. The minimum Gasteiger partial charge on any atom is -0.385 e. The molecule has 1 rings (SSSR count). The highest BCUT2D eigenvalue weighted by Gasteiger charge is 2.18. The second-order valence-corrected chi connectivity index (χ2v) is 5.64. The van der Waals surface area contributed by atoms with Gasteiger partial charge < -0.3 is 15.8 Å². The standard InChI is InChI=1S/C13H23N3O2S/c1-4-10-8-15-13(19-10)9(2)16-12(17)11(14)6-5-7-18-3/h8-9,11H,4-7,14H2,1-3H3,(H,16,17). The summed E-state index contributed by atoms with van der Waals surface area (Å²) in [7, 11) is 1.64. The first-order valence-corrected chi connectivity index (χ1v) is 7.39. The van der Waals surface area contributed by atoms with E-state index in [-0.39, 0.29) is 11.9 Å². The number of carbonyl (C=O) groups is 1. The zero-order valence-electron chi connectivity index (χ0n) is 11.8. The molecule has 108 valence electrons. The molecule has 0 radical (unpaired) electrons. The number of rotatable bonds is 8. The molecule has 6 heteroatoms. The van der Waals surface area contributed by atoms with Gasteiger partial charge in [0.05, 0.1) is 12.1 Å². The molecule has 1 amide bonds. The summed E-state index contributed by atoms with van der Waals surface area (Å²) in [5.41, 5.74) is 5.83. The molecule has 0 bridgehead atoms. The third kappa shape index (κ3) is 5.26. The van der Waals surface area contributed by atoms with Crippen molar-refractivity contribution >= 4 is 17.2 Å². The minimum atomic E-state index is -0.483. The second kappa shape index (κ2) is 8.24. The molecular weight excluding hydrogens is 262 g/mol. The monoisotopic (exact) mass is 285 g/mol. The van der Waals surface area contributed by atoms with Gasteiger partial charge in [0.15, 0.2) is 0 Å². The lowest BCUT2D eigenvalue weighted by Gasteiger charge is -2.15. The summed E-state index contributed by atoms with van der Waals surface area (Å²) < 4.78 is 4.94. The number of methoxy groups -OCH3 is 1. The van der Waals surface area contributed by atoms with Crippen molar-refractivity contribution in [3.8, 4) is 0 Å². The molecule has 0 aliphatic carbocycles. The highest BCUT2D eigenvalue weighted by Crippen LogP contribution is 2.20. The number of thiazole rings is 1. The topological polar surface area (TPSA) is 77.2 Å². The number of aryl methyl sites for hydroxylation is 1. The van der Waals surface area contributed by atoms with Gasteiger partial charge >= 0.3 is 0 Å². The van der Waals surface area contributed by atoms with E-state index in [1.54, 1.807) is 18.4 Å². The summed E-state index contributed by atoms with van der Waals surface area (Å²) in [5, 5.41) is 3.83. The van der Waals surface area contributed by atoms with E-state index in [9.17, 15) is 4.79 Å². The number of aromatic nitrogens is 1. The van der Waals surface area contributed by atoms with Crippen LogP contribution in [0.3, 0.4) is 0 Å². The van der Waals surface area contributed by atoms with Gasteiger partial charge in [0, 0.05) is 24.8 Å². The second-order valence-electron chi connectivity index (χ2n) is 4.49. The zero-order valence-corrected chi connectivity index (χ0v) is 12.6. The van der Waals surface area contributed by atoms with Crippen molar-refractivity contribution in [3.63, 3.8) is 0 Å². The summed E-state index contributed by atoms with van der Waals surface area (Å²) in [6, 6.07) is -0.575. The molecule has 0 aliphatic heterocycles. The number of nitrogens with one attached hydrogen (secondary N) is 1. The third-order valence-corrected chi connectivity index (χ3v) is 4.17. The summed E-state index contributed by atoms with van der Waals surface area (Å²) >= 11 is 1.63. The quantitative estimate of drug-likeness (QED) is 0.712. The van der Waals surface area contributed by atoms with Crippen LogP contribution in [0, 0.1) is 0 Å². The van der Waals surface area contributed by atoms with E-state index in [4.69, 9.17) is 10.5 Å². The molecule has 3 N–H and O–H groups in total. The van der Waals surface area contributed by atoms with Crippen LogP contribution in [0.25, 0.3) is 0 Å². The van der Waals surface area contributed by atoms with E-state index >= 15 is 0 Å². The molecule has 2 unspecified atom stereocenters. The number of ether oxygens (including phenoxy) is 1. The van der Waals surface area contributed by atoms with Crippen LogP contribution in [0.5, 0.6) is 0 Å².